The van der Waals surface area contributed by atoms with Crippen LogP contribution < -0.4 is 5.32 Å². The molecule has 0 saturated heterocycles. The molecule has 0 aliphatic rings. The zero-order chi connectivity index (χ0) is 18.9. The number of rotatable bonds is 4. The van der Waals surface area contributed by atoms with E-state index in [0.29, 0.717) is 10.5 Å². The van der Waals surface area contributed by atoms with Crippen LogP contribution in [0, 0.1) is 6.92 Å². The number of hydrogen-bond acceptors (Lipinski definition) is 3. The molecule has 0 aliphatic heterocycles. The zero-order valence-electron chi connectivity index (χ0n) is 15.0. The van der Waals surface area contributed by atoms with E-state index >= 15 is 0 Å². The second kappa shape index (κ2) is 6.96. The van der Waals surface area contributed by atoms with Crippen molar-refractivity contribution in [1.29, 1.82) is 0 Å². The van der Waals surface area contributed by atoms with Gasteiger partial charge in [-0.1, -0.05) is 11.6 Å². The molecule has 2 aromatic rings. The molecule has 136 valence electrons. The van der Waals surface area contributed by atoms with Crippen molar-refractivity contribution in [3.05, 3.63) is 34.5 Å². The second-order valence-electron chi connectivity index (χ2n) is 7.12. The monoisotopic (exact) mass is 366 g/mol. The molecule has 2 rings (SSSR count). The zero-order valence-corrected chi connectivity index (χ0v) is 15.8. The Bertz CT molecular complexity index is 821. The van der Waals surface area contributed by atoms with E-state index in [1.54, 1.807) is 37.5 Å². The Hall–Kier alpha value is -2.21. The number of carbonyl (C=O) groups is 2. The lowest BCUT2D eigenvalue weighted by Gasteiger charge is -2.22. The molecule has 0 fully saturated rings. The summed E-state index contributed by atoms with van der Waals surface area (Å²) in [5.74, 6) is -1.05. The first-order valence-electron chi connectivity index (χ1n) is 8.01. The fourth-order valence-electron chi connectivity index (χ4n) is 2.72. The van der Waals surface area contributed by atoms with Crippen molar-refractivity contribution >= 4 is 34.6 Å². The van der Waals surface area contributed by atoms with Crippen molar-refractivity contribution < 1.29 is 19.4 Å². The summed E-state index contributed by atoms with van der Waals surface area (Å²) in [6.45, 7) is 9.26. The molecule has 0 bridgehead atoms. The molecule has 2 N–H and O–H groups in total. The number of aromatic nitrogens is 1. The Morgan fingerprint density at radius 1 is 1.32 bits per heavy atom. The third kappa shape index (κ3) is 4.45. The first-order valence-corrected chi connectivity index (χ1v) is 8.38. The van der Waals surface area contributed by atoms with Crippen LogP contribution in [0.5, 0.6) is 0 Å². The van der Waals surface area contributed by atoms with Gasteiger partial charge in [-0.15, -0.1) is 0 Å². The summed E-state index contributed by atoms with van der Waals surface area (Å²) in [5, 5.41) is 13.4. The van der Waals surface area contributed by atoms with Crippen LogP contribution in [-0.4, -0.2) is 33.9 Å². The summed E-state index contributed by atoms with van der Waals surface area (Å²) in [6, 6.07) is 4.95. The van der Waals surface area contributed by atoms with Crippen molar-refractivity contribution in [2.45, 2.75) is 46.3 Å². The highest BCUT2D eigenvalue weighted by Gasteiger charge is 2.22. The number of fused-ring (bicyclic) bond motifs is 1. The number of alkyl carbamates (subject to hydrolysis) is 1. The molecule has 0 aliphatic carbocycles. The first kappa shape index (κ1) is 19.1. The van der Waals surface area contributed by atoms with Gasteiger partial charge in [0.05, 0.1) is 10.5 Å². The van der Waals surface area contributed by atoms with E-state index in [-0.39, 0.29) is 18.3 Å². The summed E-state index contributed by atoms with van der Waals surface area (Å²) >= 11 is 6.35. The van der Waals surface area contributed by atoms with E-state index in [9.17, 15) is 14.7 Å². The largest absolute Gasteiger partial charge is 0.477 e. The number of amides is 1. The highest BCUT2D eigenvalue weighted by molar-refractivity contribution is 6.35. The maximum atomic E-state index is 11.8. The van der Waals surface area contributed by atoms with Crippen molar-refractivity contribution in [1.82, 2.24) is 9.88 Å². The summed E-state index contributed by atoms with van der Waals surface area (Å²) in [4.78, 5) is 23.5. The summed E-state index contributed by atoms with van der Waals surface area (Å²) in [7, 11) is 0. The lowest BCUT2D eigenvalue weighted by atomic mass is 10.2. The molecule has 1 aromatic heterocycles. The normalized spacial score (nSPS) is 12.9. The van der Waals surface area contributed by atoms with Gasteiger partial charge in [-0.05, 0) is 58.4 Å². The van der Waals surface area contributed by atoms with Crippen LogP contribution in [0.3, 0.4) is 0 Å². The Kier molecular flexibility index (Phi) is 5.32. The number of aryl methyl sites for hydroxylation is 1. The van der Waals surface area contributed by atoms with Gasteiger partial charge in [0.1, 0.15) is 11.3 Å². The minimum atomic E-state index is -1.05. The van der Waals surface area contributed by atoms with E-state index in [1.165, 1.54) is 0 Å². The number of aromatic carboxylic acids is 1. The van der Waals surface area contributed by atoms with Gasteiger partial charge in [0.25, 0.3) is 0 Å². The molecule has 0 spiro atoms. The number of ether oxygens (including phenoxy) is 1. The average Bonchev–Trinajstić information content (AvgIpc) is 2.82. The van der Waals surface area contributed by atoms with E-state index in [1.807, 2.05) is 19.9 Å². The molecule has 1 amide bonds. The predicted molar refractivity (Wildman–Crippen MR) is 97.6 cm³/mol. The fraction of sp³-hybridized carbons (Fsp3) is 0.444. The van der Waals surface area contributed by atoms with E-state index in [0.717, 1.165) is 10.9 Å². The molecule has 1 atom stereocenters. The number of halogens is 1. The van der Waals surface area contributed by atoms with Gasteiger partial charge in [0, 0.05) is 18.0 Å². The Labute approximate surface area is 151 Å². The number of carboxylic acids is 1. The van der Waals surface area contributed by atoms with Gasteiger partial charge in [0.15, 0.2) is 0 Å². The Morgan fingerprint density at radius 3 is 2.52 bits per heavy atom. The predicted octanol–water partition coefficient (Wildman–Crippen LogP) is 4.39. The van der Waals surface area contributed by atoms with E-state index in [2.05, 4.69) is 5.32 Å². The molecule has 25 heavy (non-hydrogen) atoms. The van der Waals surface area contributed by atoms with Gasteiger partial charge in [-0.25, -0.2) is 9.59 Å². The second-order valence-corrected chi connectivity index (χ2v) is 7.53. The smallest absolute Gasteiger partial charge is 0.407 e. The number of nitrogens with zero attached hydrogens (tertiary/aromatic N) is 1. The lowest BCUT2D eigenvalue weighted by Crippen LogP contribution is -2.35. The standard InChI is InChI=1S/C18H23ClN2O4/c1-10-6-12-8-14(16(22)23)21(15(12)13(19)7-10)11(2)9-20-17(24)25-18(3,4)5/h6-8,11H,9H2,1-5H3,(H,20,24)(H,22,23)/t11-/m1/s1. The molecule has 0 radical (unpaired) electrons. The minimum absolute atomic E-state index is 0.126. The van der Waals surface area contributed by atoms with Gasteiger partial charge in [-0.2, -0.15) is 0 Å². The van der Waals surface area contributed by atoms with Gasteiger partial charge in [0.2, 0.25) is 0 Å². The highest BCUT2D eigenvalue weighted by Crippen LogP contribution is 2.31. The molecule has 1 aromatic carbocycles. The van der Waals surface area contributed by atoms with Crippen LogP contribution in [0.2, 0.25) is 5.02 Å². The van der Waals surface area contributed by atoms with Crippen LogP contribution in [0.25, 0.3) is 10.9 Å². The third-order valence-corrected chi connectivity index (χ3v) is 3.92. The van der Waals surface area contributed by atoms with Crippen molar-refractivity contribution in [3.8, 4) is 0 Å². The van der Waals surface area contributed by atoms with Gasteiger partial charge in [-0.3, -0.25) is 0 Å². The van der Waals surface area contributed by atoms with Crippen LogP contribution in [-0.2, 0) is 4.74 Å². The molecule has 0 unspecified atom stereocenters. The summed E-state index contributed by atoms with van der Waals surface area (Å²) in [5.41, 5.74) is 1.12. The summed E-state index contributed by atoms with van der Waals surface area (Å²) in [6.07, 6.45) is -0.547. The molecule has 7 heteroatoms. The van der Waals surface area contributed by atoms with E-state index in [4.69, 9.17) is 16.3 Å². The third-order valence-electron chi connectivity index (χ3n) is 3.63. The number of carboxylic acid groups (broad SMARTS) is 1. The van der Waals surface area contributed by atoms with Crippen LogP contribution >= 0.6 is 11.6 Å². The summed E-state index contributed by atoms with van der Waals surface area (Å²) < 4.78 is 6.84. The molecular weight excluding hydrogens is 344 g/mol. The molecule has 6 nitrogen and oxygen atoms in total. The lowest BCUT2D eigenvalue weighted by molar-refractivity contribution is 0.0521. The van der Waals surface area contributed by atoms with E-state index < -0.39 is 17.7 Å². The van der Waals surface area contributed by atoms with Crippen molar-refractivity contribution in [3.63, 3.8) is 0 Å². The maximum absolute atomic E-state index is 11.8. The Morgan fingerprint density at radius 2 is 1.96 bits per heavy atom. The fourth-order valence-corrected chi connectivity index (χ4v) is 3.09. The van der Waals surface area contributed by atoms with Gasteiger partial charge >= 0.3 is 12.1 Å². The quantitative estimate of drug-likeness (QED) is 0.841. The number of hydrogen-bond donors (Lipinski definition) is 2. The number of carbonyl (C=O) groups excluding carboxylic acids is 1. The van der Waals surface area contributed by atoms with Crippen molar-refractivity contribution in [2.24, 2.45) is 0 Å². The molecule has 1 heterocycles. The first-order chi connectivity index (χ1) is 11.5. The molecule has 0 saturated carbocycles. The Balaban J connectivity index is 2.34. The maximum Gasteiger partial charge on any atom is 0.407 e. The average molecular weight is 367 g/mol. The van der Waals surface area contributed by atoms with Gasteiger partial charge < -0.3 is 19.7 Å². The number of benzene rings is 1. The van der Waals surface area contributed by atoms with Crippen LogP contribution in [0.4, 0.5) is 4.79 Å². The topological polar surface area (TPSA) is 80.6 Å². The van der Waals surface area contributed by atoms with Crippen molar-refractivity contribution in [2.75, 3.05) is 6.54 Å². The highest BCUT2D eigenvalue weighted by atomic mass is 35.5. The van der Waals surface area contributed by atoms with Crippen LogP contribution in [0.1, 0.15) is 49.8 Å². The molecular formula is C18H23ClN2O4. The minimum Gasteiger partial charge on any atom is -0.477 e. The SMILES string of the molecule is Cc1cc(Cl)c2c(c1)cc(C(=O)O)n2[C@H](C)CNC(=O)OC(C)(C)C. The van der Waals surface area contributed by atoms with Crippen LogP contribution in [0.15, 0.2) is 18.2 Å². The number of nitrogens with one attached hydrogen (secondary N) is 1.